The lowest BCUT2D eigenvalue weighted by Crippen LogP contribution is -2.23. The molecule has 1 aromatic rings. The minimum absolute atomic E-state index is 0. The third kappa shape index (κ3) is 3.18. The Kier molecular flexibility index (Phi) is 5.97. The van der Waals surface area contributed by atoms with Gasteiger partial charge in [0.05, 0.1) is 0 Å². The van der Waals surface area contributed by atoms with Gasteiger partial charge in [0, 0.05) is 11.6 Å². The number of benzene rings is 1. The van der Waals surface area contributed by atoms with Crippen LogP contribution in [0.5, 0.6) is 5.75 Å². The number of para-hydroxylation sites is 1. The quantitative estimate of drug-likeness (QED) is 0.873. The second-order valence-corrected chi connectivity index (χ2v) is 5.13. The molecule has 1 saturated carbocycles. The Morgan fingerprint density at radius 3 is 2.56 bits per heavy atom. The first-order valence-corrected chi connectivity index (χ1v) is 6.80. The third-order valence-corrected chi connectivity index (χ3v) is 4.05. The molecule has 0 aliphatic heterocycles. The summed E-state index contributed by atoms with van der Waals surface area (Å²) in [5.74, 6) is 0.967. The van der Waals surface area contributed by atoms with Crippen molar-refractivity contribution in [2.45, 2.75) is 51.5 Å². The lowest BCUT2D eigenvalue weighted by molar-refractivity contribution is 0.302. The molecule has 1 aliphatic carbocycles. The van der Waals surface area contributed by atoms with Crippen molar-refractivity contribution in [1.29, 1.82) is 0 Å². The number of phenolic OH excluding ortho intramolecular Hbond substituents is 1. The van der Waals surface area contributed by atoms with Gasteiger partial charge in [0.1, 0.15) is 5.75 Å². The van der Waals surface area contributed by atoms with E-state index in [2.05, 4.69) is 6.92 Å². The maximum absolute atomic E-state index is 10.2. The van der Waals surface area contributed by atoms with Gasteiger partial charge in [-0.05, 0) is 30.7 Å². The summed E-state index contributed by atoms with van der Waals surface area (Å²) in [5, 5.41) is 10.2. The Bertz CT molecular complexity index is 375. The summed E-state index contributed by atoms with van der Waals surface area (Å²) < 4.78 is 0. The Hall–Kier alpha value is -0.730. The van der Waals surface area contributed by atoms with E-state index in [0.717, 1.165) is 17.5 Å². The van der Waals surface area contributed by atoms with Crippen molar-refractivity contribution in [1.82, 2.24) is 0 Å². The van der Waals surface area contributed by atoms with Gasteiger partial charge in [-0.15, -0.1) is 12.4 Å². The largest absolute Gasteiger partial charge is 0.507 e. The smallest absolute Gasteiger partial charge is 0.123 e. The molecule has 0 aromatic heterocycles. The van der Waals surface area contributed by atoms with Crippen LogP contribution < -0.4 is 5.73 Å². The normalized spacial score (nSPS) is 18.1. The molecule has 0 radical (unpaired) electrons. The lowest BCUT2D eigenvalue weighted by Gasteiger charge is -2.28. The predicted octanol–water partition coefficient (Wildman–Crippen LogP) is 3.96. The van der Waals surface area contributed by atoms with Crippen LogP contribution in [0.1, 0.15) is 56.2 Å². The fraction of sp³-hybridized carbons (Fsp3) is 0.600. The van der Waals surface area contributed by atoms with E-state index >= 15 is 0 Å². The van der Waals surface area contributed by atoms with E-state index < -0.39 is 0 Å². The molecule has 3 heteroatoms. The maximum atomic E-state index is 10.2. The summed E-state index contributed by atoms with van der Waals surface area (Å²) in [4.78, 5) is 0. The van der Waals surface area contributed by atoms with Crippen LogP contribution in [0.2, 0.25) is 0 Å². The number of hydrogen-bond acceptors (Lipinski definition) is 2. The first-order chi connectivity index (χ1) is 8.24. The van der Waals surface area contributed by atoms with E-state index in [-0.39, 0.29) is 18.4 Å². The Morgan fingerprint density at radius 2 is 1.94 bits per heavy atom. The molecule has 18 heavy (non-hydrogen) atoms. The molecular formula is C15H24ClNO. The number of nitrogens with two attached hydrogens (primary N) is 1. The molecule has 2 rings (SSSR count). The van der Waals surface area contributed by atoms with Crippen LogP contribution in [0, 0.1) is 5.92 Å². The van der Waals surface area contributed by atoms with E-state index in [1.165, 1.54) is 32.1 Å². The van der Waals surface area contributed by atoms with Crippen molar-refractivity contribution in [2.24, 2.45) is 11.7 Å². The second-order valence-electron chi connectivity index (χ2n) is 5.13. The van der Waals surface area contributed by atoms with Crippen LogP contribution in [0.25, 0.3) is 0 Å². The van der Waals surface area contributed by atoms with Crippen LogP contribution in [-0.4, -0.2) is 5.11 Å². The molecule has 0 amide bonds. The molecule has 1 atom stereocenters. The fourth-order valence-electron chi connectivity index (χ4n) is 2.91. The maximum Gasteiger partial charge on any atom is 0.123 e. The van der Waals surface area contributed by atoms with Gasteiger partial charge in [0.25, 0.3) is 0 Å². The van der Waals surface area contributed by atoms with Crippen molar-refractivity contribution in [2.75, 3.05) is 0 Å². The van der Waals surface area contributed by atoms with E-state index in [0.29, 0.717) is 11.7 Å². The Labute approximate surface area is 116 Å². The van der Waals surface area contributed by atoms with Crippen LogP contribution in [0.3, 0.4) is 0 Å². The lowest BCUT2D eigenvalue weighted by atomic mass is 9.81. The van der Waals surface area contributed by atoms with E-state index in [1.54, 1.807) is 0 Å². The van der Waals surface area contributed by atoms with Crippen molar-refractivity contribution in [3.05, 3.63) is 29.3 Å². The summed E-state index contributed by atoms with van der Waals surface area (Å²) in [6.45, 7) is 2.06. The standard InChI is InChI=1S/C15H23NO.ClH/c1-2-11-9-6-10-13(15(11)17)14(16)12-7-4-3-5-8-12;/h6,9-10,12,14,17H,2-5,7-8,16H2,1H3;1H/t14-;/m1./s1. The first kappa shape index (κ1) is 15.3. The first-order valence-electron chi connectivity index (χ1n) is 6.80. The van der Waals surface area contributed by atoms with Gasteiger partial charge in [0.15, 0.2) is 0 Å². The second kappa shape index (κ2) is 7.01. The minimum atomic E-state index is 0. The highest BCUT2D eigenvalue weighted by Gasteiger charge is 2.24. The zero-order valence-electron chi connectivity index (χ0n) is 11.1. The summed E-state index contributed by atoms with van der Waals surface area (Å²) in [6.07, 6.45) is 7.17. The Balaban J connectivity index is 0.00000162. The van der Waals surface area contributed by atoms with E-state index in [4.69, 9.17) is 5.73 Å². The molecule has 1 aromatic carbocycles. The third-order valence-electron chi connectivity index (χ3n) is 4.05. The Morgan fingerprint density at radius 1 is 1.28 bits per heavy atom. The average molecular weight is 270 g/mol. The van der Waals surface area contributed by atoms with Gasteiger partial charge in [-0.25, -0.2) is 0 Å². The molecule has 0 unspecified atom stereocenters. The topological polar surface area (TPSA) is 46.2 Å². The minimum Gasteiger partial charge on any atom is -0.507 e. The highest BCUT2D eigenvalue weighted by Crippen LogP contribution is 2.37. The van der Waals surface area contributed by atoms with Crippen molar-refractivity contribution in [3.63, 3.8) is 0 Å². The number of phenols is 1. The molecule has 1 aliphatic rings. The number of rotatable bonds is 3. The SMILES string of the molecule is CCc1cccc([C@H](N)C2CCCCC2)c1O.Cl. The van der Waals surface area contributed by atoms with Crippen LogP contribution in [-0.2, 0) is 6.42 Å². The van der Waals surface area contributed by atoms with E-state index in [9.17, 15) is 5.11 Å². The van der Waals surface area contributed by atoms with Crippen molar-refractivity contribution < 1.29 is 5.11 Å². The van der Waals surface area contributed by atoms with Gasteiger partial charge in [-0.1, -0.05) is 44.4 Å². The van der Waals surface area contributed by atoms with E-state index in [1.807, 2.05) is 18.2 Å². The number of aromatic hydroxyl groups is 1. The van der Waals surface area contributed by atoms with Gasteiger partial charge < -0.3 is 10.8 Å². The fourth-order valence-corrected chi connectivity index (χ4v) is 2.91. The van der Waals surface area contributed by atoms with Crippen LogP contribution >= 0.6 is 12.4 Å². The van der Waals surface area contributed by atoms with Gasteiger partial charge in [-0.3, -0.25) is 0 Å². The van der Waals surface area contributed by atoms with Gasteiger partial charge in [0.2, 0.25) is 0 Å². The number of halogens is 1. The monoisotopic (exact) mass is 269 g/mol. The molecule has 0 heterocycles. The highest BCUT2D eigenvalue weighted by atomic mass is 35.5. The molecule has 0 spiro atoms. The summed E-state index contributed by atoms with van der Waals surface area (Å²) in [5.41, 5.74) is 8.28. The van der Waals surface area contributed by atoms with Gasteiger partial charge in [-0.2, -0.15) is 0 Å². The zero-order chi connectivity index (χ0) is 12.3. The highest BCUT2D eigenvalue weighted by molar-refractivity contribution is 5.85. The van der Waals surface area contributed by atoms with Crippen molar-refractivity contribution in [3.8, 4) is 5.75 Å². The summed E-state index contributed by atoms with van der Waals surface area (Å²) >= 11 is 0. The molecule has 102 valence electrons. The molecule has 3 N–H and O–H groups in total. The number of aryl methyl sites for hydroxylation is 1. The molecule has 1 fully saturated rings. The van der Waals surface area contributed by atoms with Crippen LogP contribution in [0.4, 0.5) is 0 Å². The number of hydrogen-bond donors (Lipinski definition) is 2. The summed E-state index contributed by atoms with van der Waals surface area (Å²) in [7, 11) is 0. The van der Waals surface area contributed by atoms with Crippen LogP contribution in [0.15, 0.2) is 18.2 Å². The molecule has 2 nitrogen and oxygen atoms in total. The molecular weight excluding hydrogens is 246 g/mol. The molecule has 0 bridgehead atoms. The van der Waals surface area contributed by atoms with Crippen molar-refractivity contribution >= 4 is 12.4 Å². The zero-order valence-corrected chi connectivity index (χ0v) is 11.9. The predicted molar refractivity (Wildman–Crippen MR) is 78.2 cm³/mol. The average Bonchev–Trinajstić information content (AvgIpc) is 2.39. The summed E-state index contributed by atoms with van der Waals surface area (Å²) in [6, 6.07) is 5.97. The van der Waals surface area contributed by atoms with Gasteiger partial charge >= 0.3 is 0 Å². The molecule has 0 saturated heterocycles.